The molecule has 0 spiro atoms. The number of hydrogen-bond donors (Lipinski definition) is 0. The summed E-state index contributed by atoms with van der Waals surface area (Å²) in [5.74, 6) is 0.837. The van der Waals surface area contributed by atoms with E-state index in [2.05, 4.69) is 0 Å². The maximum absolute atomic E-state index is 13.3. The lowest BCUT2D eigenvalue weighted by Crippen LogP contribution is -2.08. The Morgan fingerprint density at radius 1 is 0.680 bits per heavy atom. The van der Waals surface area contributed by atoms with Gasteiger partial charge in [-0.1, -0.05) is 66.7 Å². The van der Waals surface area contributed by atoms with Crippen LogP contribution in [-0.2, 0) is 9.09 Å². The van der Waals surface area contributed by atoms with Crippen molar-refractivity contribution in [2.75, 3.05) is 0 Å². The van der Waals surface area contributed by atoms with Crippen molar-refractivity contribution >= 4 is 7.82 Å². The molecule has 1 atom stereocenters. The van der Waals surface area contributed by atoms with Crippen molar-refractivity contribution in [1.29, 1.82) is 0 Å². The van der Waals surface area contributed by atoms with Gasteiger partial charge >= 0.3 is 7.82 Å². The summed E-state index contributed by atoms with van der Waals surface area (Å²) >= 11 is 0. The molecule has 0 amide bonds. The fraction of sp³-hybridized carbons (Fsp3) is 0.100. The number of para-hydroxylation sites is 2. The monoisotopic (exact) mass is 354 g/mol. The molecule has 3 aromatic rings. The minimum absolute atomic E-state index is 0.419. The van der Waals surface area contributed by atoms with E-state index in [0.717, 1.165) is 5.56 Å². The summed E-state index contributed by atoms with van der Waals surface area (Å²) in [6, 6.07) is 27.2. The SMILES string of the molecule is CC(OP(=O)(Oc1ccccc1)Oc1ccccc1)c1ccccc1. The first kappa shape index (κ1) is 17.3. The van der Waals surface area contributed by atoms with Crippen molar-refractivity contribution < 1.29 is 18.1 Å². The second kappa shape index (κ2) is 8.02. The van der Waals surface area contributed by atoms with Crippen LogP contribution in [-0.4, -0.2) is 0 Å². The van der Waals surface area contributed by atoms with Gasteiger partial charge in [-0.2, -0.15) is 0 Å². The molecule has 0 aromatic heterocycles. The van der Waals surface area contributed by atoms with Gasteiger partial charge in [0, 0.05) is 0 Å². The molecule has 0 saturated carbocycles. The van der Waals surface area contributed by atoms with E-state index in [1.165, 1.54) is 0 Å². The van der Waals surface area contributed by atoms with E-state index < -0.39 is 13.9 Å². The Hall–Kier alpha value is -2.55. The lowest BCUT2D eigenvalue weighted by atomic mass is 10.1. The standard InChI is InChI=1S/C20H19O4P/c1-17(18-11-5-2-6-12-18)22-25(21,23-19-13-7-3-8-14-19)24-20-15-9-4-10-16-20/h2-17H,1H3. The third kappa shape index (κ3) is 4.96. The lowest BCUT2D eigenvalue weighted by Gasteiger charge is -2.22. The lowest BCUT2D eigenvalue weighted by molar-refractivity contribution is 0.156. The molecule has 0 heterocycles. The summed E-state index contributed by atoms with van der Waals surface area (Å²) in [5, 5.41) is 0. The van der Waals surface area contributed by atoms with E-state index in [9.17, 15) is 4.57 Å². The molecule has 0 N–H and O–H groups in total. The first-order chi connectivity index (χ1) is 12.1. The highest BCUT2D eigenvalue weighted by molar-refractivity contribution is 7.49. The Morgan fingerprint density at radius 3 is 1.52 bits per heavy atom. The van der Waals surface area contributed by atoms with E-state index in [-0.39, 0.29) is 0 Å². The van der Waals surface area contributed by atoms with Crippen molar-refractivity contribution in [2.24, 2.45) is 0 Å². The number of benzene rings is 3. The van der Waals surface area contributed by atoms with Gasteiger partial charge in [-0.15, -0.1) is 0 Å². The highest BCUT2D eigenvalue weighted by Crippen LogP contribution is 2.52. The van der Waals surface area contributed by atoms with Gasteiger partial charge in [0.15, 0.2) is 0 Å². The Balaban J connectivity index is 1.84. The van der Waals surface area contributed by atoms with E-state index >= 15 is 0 Å². The number of hydrogen-bond acceptors (Lipinski definition) is 4. The van der Waals surface area contributed by atoms with Crippen molar-refractivity contribution in [1.82, 2.24) is 0 Å². The van der Waals surface area contributed by atoms with Gasteiger partial charge < -0.3 is 9.05 Å². The van der Waals surface area contributed by atoms with Gasteiger partial charge in [-0.25, -0.2) is 4.57 Å². The predicted octanol–water partition coefficient (Wildman–Crippen LogP) is 6.03. The minimum Gasteiger partial charge on any atom is -0.395 e. The second-order valence-electron chi connectivity index (χ2n) is 5.41. The van der Waals surface area contributed by atoms with Crippen molar-refractivity contribution in [3.63, 3.8) is 0 Å². The van der Waals surface area contributed by atoms with E-state index in [1.807, 2.05) is 49.4 Å². The van der Waals surface area contributed by atoms with Gasteiger partial charge in [0.25, 0.3) is 0 Å². The van der Waals surface area contributed by atoms with Gasteiger partial charge in [0.1, 0.15) is 11.5 Å². The van der Waals surface area contributed by atoms with Crippen LogP contribution < -0.4 is 9.05 Å². The second-order valence-corrected chi connectivity index (χ2v) is 6.88. The summed E-state index contributed by atoms with van der Waals surface area (Å²) in [6.45, 7) is 1.81. The van der Waals surface area contributed by atoms with Crippen LogP contribution in [0.4, 0.5) is 0 Å². The van der Waals surface area contributed by atoms with Gasteiger partial charge in [-0.3, -0.25) is 4.52 Å². The molecule has 25 heavy (non-hydrogen) atoms. The Labute approximate surface area is 147 Å². The molecule has 5 heteroatoms. The highest BCUT2D eigenvalue weighted by Gasteiger charge is 2.33. The Morgan fingerprint density at radius 2 is 1.08 bits per heavy atom. The normalized spacial score (nSPS) is 12.4. The molecule has 4 nitrogen and oxygen atoms in total. The summed E-state index contributed by atoms with van der Waals surface area (Å²) in [4.78, 5) is 0. The molecule has 1 unspecified atom stereocenters. The van der Waals surface area contributed by atoms with Crippen LogP contribution in [0.15, 0.2) is 91.0 Å². The molecule has 0 radical (unpaired) electrons. The molecule has 0 aliphatic carbocycles. The van der Waals surface area contributed by atoms with E-state index in [0.29, 0.717) is 11.5 Å². The molecular weight excluding hydrogens is 335 g/mol. The fourth-order valence-electron chi connectivity index (χ4n) is 2.26. The maximum atomic E-state index is 13.3. The summed E-state index contributed by atoms with van der Waals surface area (Å²) in [5.41, 5.74) is 0.885. The largest absolute Gasteiger partial charge is 0.588 e. The summed E-state index contributed by atoms with van der Waals surface area (Å²) < 4.78 is 30.2. The molecule has 0 fully saturated rings. The quantitative estimate of drug-likeness (QED) is 0.486. The maximum Gasteiger partial charge on any atom is 0.588 e. The molecule has 128 valence electrons. The summed E-state index contributed by atoms with van der Waals surface area (Å²) in [6.07, 6.45) is -0.459. The zero-order valence-electron chi connectivity index (χ0n) is 13.8. The first-order valence-electron chi connectivity index (χ1n) is 7.97. The van der Waals surface area contributed by atoms with Crippen LogP contribution in [0.3, 0.4) is 0 Å². The van der Waals surface area contributed by atoms with Gasteiger partial charge in [0.05, 0.1) is 6.10 Å². The van der Waals surface area contributed by atoms with E-state index in [4.69, 9.17) is 13.6 Å². The zero-order chi connectivity index (χ0) is 17.5. The molecular formula is C20H19O4P. The molecule has 3 rings (SSSR count). The molecule has 3 aromatic carbocycles. The van der Waals surface area contributed by atoms with E-state index in [1.54, 1.807) is 48.5 Å². The first-order valence-corrected chi connectivity index (χ1v) is 9.43. The topological polar surface area (TPSA) is 44.8 Å². The van der Waals surface area contributed by atoms with Gasteiger partial charge in [-0.05, 0) is 36.8 Å². The minimum atomic E-state index is -3.88. The molecule has 0 bridgehead atoms. The third-order valence-electron chi connectivity index (χ3n) is 3.48. The number of phosphoric acid groups is 1. The van der Waals surface area contributed by atoms with Gasteiger partial charge in [0.2, 0.25) is 0 Å². The predicted molar refractivity (Wildman–Crippen MR) is 97.7 cm³/mol. The van der Waals surface area contributed by atoms with Crippen LogP contribution >= 0.6 is 7.82 Å². The zero-order valence-corrected chi connectivity index (χ0v) is 14.7. The number of rotatable bonds is 7. The van der Waals surface area contributed by atoms with Crippen molar-refractivity contribution in [2.45, 2.75) is 13.0 Å². The van der Waals surface area contributed by atoms with Crippen molar-refractivity contribution in [3.05, 3.63) is 96.6 Å². The van der Waals surface area contributed by atoms with Crippen molar-refractivity contribution in [3.8, 4) is 11.5 Å². The molecule has 0 aliphatic rings. The van der Waals surface area contributed by atoms with Crippen LogP contribution in [0.1, 0.15) is 18.6 Å². The molecule has 0 saturated heterocycles. The highest BCUT2D eigenvalue weighted by atomic mass is 31.2. The Kier molecular flexibility index (Phi) is 5.54. The molecule has 0 aliphatic heterocycles. The summed E-state index contributed by atoms with van der Waals surface area (Å²) in [7, 11) is -3.88. The fourth-order valence-corrected chi connectivity index (χ4v) is 3.65. The van der Waals surface area contributed by atoms with Crippen LogP contribution in [0, 0.1) is 0 Å². The van der Waals surface area contributed by atoms with Crippen LogP contribution in [0.5, 0.6) is 11.5 Å². The number of phosphoric ester groups is 1. The van der Waals surface area contributed by atoms with Crippen LogP contribution in [0.2, 0.25) is 0 Å². The average Bonchev–Trinajstić information content (AvgIpc) is 2.64. The van der Waals surface area contributed by atoms with Crippen LogP contribution in [0.25, 0.3) is 0 Å². The Bertz CT molecular complexity index is 777. The smallest absolute Gasteiger partial charge is 0.395 e. The third-order valence-corrected chi connectivity index (χ3v) is 4.92. The average molecular weight is 354 g/mol.